The zero-order chi connectivity index (χ0) is 19.5. The molecule has 3 N–H and O–H groups in total. The Morgan fingerprint density at radius 1 is 1.25 bits per heavy atom. The van der Waals surface area contributed by atoms with Crippen molar-refractivity contribution in [3.8, 4) is 11.4 Å². The van der Waals surface area contributed by atoms with Crippen LogP contribution in [-0.2, 0) is 22.5 Å². The number of benzene rings is 1. The molecule has 0 bridgehead atoms. The van der Waals surface area contributed by atoms with Crippen LogP contribution in [0.5, 0.6) is 0 Å². The first-order chi connectivity index (χ1) is 13.6. The van der Waals surface area contributed by atoms with Gasteiger partial charge in [0.25, 0.3) is 0 Å². The number of fused-ring (bicyclic) bond motifs is 1. The number of aryl methyl sites for hydroxylation is 1. The van der Waals surface area contributed by atoms with Crippen molar-refractivity contribution in [2.24, 2.45) is 11.7 Å². The third kappa shape index (κ3) is 3.93. The Balaban J connectivity index is 1.54. The van der Waals surface area contributed by atoms with Crippen molar-refractivity contribution < 1.29 is 13.9 Å². The van der Waals surface area contributed by atoms with Gasteiger partial charge in [0.2, 0.25) is 5.91 Å². The molecule has 2 aliphatic heterocycles. The number of hydrogen-bond acceptors (Lipinski definition) is 5. The number of halogens is 1. The fourth-order valence-electron chi connectivity index (χ4n) is 3.96. The number of nitrogens with zero attached hydrogens (tertiary/aromatic N) is 3. The van der Waals surface area contributed by atoms with Gasteiger partial charge in [-0.25, -0.2) is 4.39 Å². The number of carbonyl (C=O) groups is 1. The molecule has 0 aliphatic carbocycles. The summed E-state index contributed by atoms with van der Waals surface area (Å²) in [5.41, 5.74) is 6.97. The topological polar surface area (TPSA) is 95.1 Å². The zero-order valence-electron chi connectivity index (χ0n) is 15.9. The first-order valence-electron chi connectivity index (χ1n) is 9.99. The molecule has 1 aromatic heterocycles. The number of rotatable bonds is 4. The lowest BCUT2D eigenvalue weighted by Crippen LogP contribution is -2.44. The average Bonchev–Trinajstić information content (AvgIpc) is 2.97. The van der Waals surface area contributed by atoms with Crippen LogP contribution in [-0.4, -0.2) is 39.9 Å². The SMILES string of the molecule is NC(C(=O)Nc1cc(-c2nnc3n2CCCCC3)ccc1F)C1CCOCC1. The highest BCUT2D eigenvalue weighted by atomic mass is 19.1. The van der Waals surface area contributed by atoms with Crippen LogP contribution in [0.4, 0.5) is 10.1 Å². The average molecular weight is 387 g/mol. The highest BCUT2D eigenvalue weighted by molar-refractivity contribution is 5.95. The minimum atomic E-state index is -0.684. The number of nitrogens with one attached hydrogen (secondary N) is 1. The third-order valence-electron chi connectivity index (χ3n) is 5.67. The molecule has 0 saturated carbocycles. The highest BCUT2D eigenvalue weighted by Gasteiger charge is 2.27. The van der Waals surface area contributed by atoms with Gasteiger partial charge in [-0.15, -0.1) is 10.2 Å². The molecule has 7 nitrogen and oxygen atoms in total. The van der Waals surface area contributed by atoms with E-state index in [0.717, 1.165) is 56.5 Å². The van der Waals surface area contributed by atoms with Gasteiger partial charge in [-0.05, 0) is 49.8 Å². The largest absolute Gasteiger partial charge is 0.381 e. The monoisotopic (exact) mass is 387 g/mol. The molecule has 1 atom stereocenters. The van der Waals surface area contributed by atoms with E-state index < -0.39 is 11.9 Å². The summed E-state index contributed by atoms with van der Waals surface area (Å²) in [4.78, 5) is 12.6. The van der Waals surface area contributed by atoms with Gasteiger partial charge >= 0.3 is 0 Å². The molecule has 4 rings (SSSR count). The van der Waals surface area contributed by atoms with Crippen molar-refractivity contribution in [1.82, 2.24) is 14.8 Å². The first kappa shape index (κ1) is 19.0. The molecule has 8 heteroatoms. The lowest BCUT2D eigenvalue weighted by Gasteiger charge is -2.26. The van der Waals surface area contributed by atoms with Crippen molar-refractivity contribution in [1.29, 1.82) is 0 Å². The second-order valence-corrected chi connectivity index (χ2v) is 7.56. The zero-order valence-corrected chi connectivity index (χ0v) is 15.9. The fraction of sp³-hybridized carbons (Fsp3) is 0.550. The maximum absolute atomic E-state index is 14.4. The summed E-state index contributed by atoms with van der Waals surface area (Å²) in [6, 6.07) is 3.96. The van der Waals surface area contributed by atoms with E-state index in [0.29, 0.717) is 19.0 Å². The molecule has 2 aliphatic rings. The summed E-state index contributed by atoms with van der Waals surface area (Å²) in [6.45, 7) is 2.06. The minimum Gasteiger partial charge on any atom is -0.381 e. The Morgan fingerprint density at radius 3 is 2.89 bits per heavy atom. The standard InChI is InChI=1S/C20H26FN5O2/c21-15-6-5-14(19-25-24-17-4-2-1-3-9-26(17)19)12-16(15)23-20(27)18(22)13-7-10-28-11-8-13/h5-6,12-13,18H,1-4,7-11,22H2,(H,23,27). The van der Waals surface area contributed by atoms with Crippen LogP contribution in [0, 0.1) is 11.7 Å². The van der Waals surface area contributed by atoms with Gasteiger partial charge in [-0.1, -0.05) is 6.42 Å². The van der Waals surface area contributed by atoms with Gasteiger partial charge in [0.1, 0.15) is 11.6 Å². The predicted molar refractivity (Wildman–Crippen MR) is 103 cm³/mol. The maximum Gasteiger partial charge on any atom is 0.241 e. The maximum atomic E-state index is 14.4. The quantitative estimate of drug-likeness (QED) is 0.840. The molecule has 1 unspecified atom stereocenters. The van der Waals surface area contributed by atoms with E-state index in [1.165, 1.54) is 6.07 Å². The third-order valence-corrected chi connectivity index (χ3v) is 5.67. The summed E-state index contributed by atoms with van der Waals surface area (Å²) in [6.07, 6.45) is 5.72. The van der Waals surface area contributed by atoms with E-state index >= 15 is 0 Å². The number of anilines is 1. The van der Waals surface area contributed by atoms with Crippen LogP contribution in [0.25, 0.3) is 11.4 Å². The first-order valence-corrected chi connectivity index (χ1v) is 9.99. The van der Waals surface area contributed by atoms with Crippen LogP contribution in [0.15, 0.2) is 18.2 Å². The van der Waals surface area contributed by atoms with E-state index in [4.69, 9.17) is 10.5 Å². The van der Waals surface area contributed by atoms with Crippen LogP contribution in [0.1, 0.15) is 37.9 Å². The smallest absolute Gasteiger partial charge is 0.241 e. The minimum absolute atomic E-state index is 0.0484. The van der Waals surface area contributed by atoms with Gasteiger partial charge in [0.05, 0.1) is 11.7 Å². The van der Waals surface area contributed by atoms with Crippen LogP contribution < -0.4 is 11.1 Å². The lowest BCUT2D eigenvalue weighted by atomic mass is 9.92. The van der Waals surface area contributed by atoms with E-state index in [9.17, 15) is 9.18 Å². The normalized spacial score (nSPS) is 18.9. The van der Waals surface area contributed by atoms with Gasteiger partial charge in [-0.2, -0.15) is 0 Å². The molecular formula is C20H26FN5O2. The van der Waals surface area contributed by atoms with E-state index in [2.05, 4.69) is 20.1 Å². The van der Waals surface area contributed by atoms with Crippen molar-refractivity contribution >= 4 is 11.6 Å². The molecule has 0 spiro atoms. The van der Waals surface area contributed by atoms with E-state index in [1.807, 2.05) is 0 Å². The van der Waals surface area contributed by atoms with Crippen molar-refractivity contribution in [3.63, 3.8) is 0 Å². The number of amides is 1. The van der Waals surface area contributed by atoms with Gasteiger partial charge in [-0.3, -0.25) is 4.79 Å². The van der Waals surface area contributed by atoms with Crippen molar-refractivity contribution in [3.05, 3.63) is 29.8 Å². The van der Waals surface area contributed by atoms with Gasteiger partial charge in [0, 0.05) is 31.7 Å². The van der Waals surface area contributed by atoms with Crippen molar-refractivity contribution in [2.45, 2.75) is 51.1 Å². The highest BCUT2D eigenvalue weighted by Crippen LogP contribution is 2.27. The van der Waals surface area contributed by atoms with E-state index in [1.54, 1.807) is 12.1 Å². The summed E-state index contributed by atoms with van der Waals surface area (Å²) < 4.78 is 21.8. The van der Waals surface area contributed by atoms with Gasteiger partial charge < -0.3 is 20.4 Å². The molecule has 1 saturated heterocycles. The van der Waals surface area contributed by atoms with Crippen LogP contribution >= 0.6 is 0 Å². The number of ether oxygens (including phenoxy) is 1. The summed E-state index contributed by atoms with van der Waals surface area (Å²) in [5.74, 6) is 0.854. The Bertz CT molecular complexity index is 847. The fourth-order valence-corrected chi connectivity index (χ4v) is 3.96. The van der Waals surface area contributed by atoms with Crippen LogP contribution in [0.2, 0.25) is 0 Å². The van der Waals surface area contributed by atoms with Crippen molar-refractivity contribution in [2.75, 3.05) is 18.5 Å². The summed E-state index contributed by atoms with van der Waals surface area (Å²) in [7, 11) is 0. The molecule has 1 aromatic carbocycles. The molecule has 150 valence electrons. The molecule has 3 heterocycles. The molecular weight excluding hydrogens is 361 g/mol. The number of nitrogens with two attached hydrogens (primary N) is 1. The Morgan fingerprint density at radius 2 is 2.07 bits per heavy atom. The summed E-state index contributed by atoms with van der Waals surface area (Å²) in [5, 5.41) is 11.3. The molecule has 1 amide bonds. The second-order valence-electron chi connectivity index (χ2n) is 7.56. The van der Waals surface area contributed by atoms with E-state index in [-0.39, 0.29) is 17.5 Å². The molecule has 1 fully saturated rings. The summed E-state index contributed by atoms with van der Waals surface area (Å²) >= 11 is 0. The number of carbonyl (C=O) groups excluding carboxylic acids is 1. The Labute approximate surface area is 163 Å². The molecule has 28 heavy (non-hydrogen) atoms. The Hall–Kier alpha value is -2.32. The van der Waals surface area contributed by atoms with Gasteiger partial charge in [0.15, 0.2) is 5.82 Å². The molecule has 2 aromatic rings. The molecule has 0 radical (unpaired) electrons. The lowest BCUT2D eigenvalue weighted by molar-refractivity contribution is -0.119. The Kier molecular flexibility index (Phi) is 5.68. The van der Waals surface area contributed by atoms with Crippen LogP contribution in [0.3, 0.4) is 0 Å². The number of hydrogen-bond donors (Lipinski definition) is 2. The number of aromatic nitrogens is 3. The second kappa shape index (κ2) is 8.36. The predicted octanol–water partition coefficient (Wildman–Crippen LogP) is 2.50.